The van der Waals surface area contributed by atoms with E-state index in [1.165, 1.54) is 11.5 Å². The third kappa shape index (κ3) is 1.36. The highest BCUT2D eigenvalue weighted by Gasteiger charge is 2.14. The summed E-state index contributed by atoms with van der Waals surface area (Å²) >= 11 is 7.09. The second kappa shape index (κ2) is 3.46. The zero-order valence-electron chi connectivity index (χ0n) is 8.12. The van der Waals surface area contributed by atoms with Crippen molar-refractivity contribution < 1.29 is 0 Å². The summed E-state index contributed by atoms with van der Waals surface area (Å²) < 4.78 is 5.44. The van der Waals surface area contributed by atoms with Gasteiger partial charge in [0.15, 0.2) is 11.5 Å². The van der Waals surface area contributed by atoms with Crippen molar-refractivity contribution >= 4 is 28.8 Å². The molecular formula is C8H5ClN6S. The first-order chi connectivity index (χ1) is 7.75. The van der Waals surface area contributed by atoms with E-state index in [9.17, 15) is 0 Å². The van der Waals surface area contributed by atoms with E-state index in [2.05, 4.69) is 24.9 Å². The van der Waals surface area contributed by atoms with Crippen LogP contribution in [0.2, 0.25) is 5.15 Å². The SMILES string of the molecule is Cc1nnsc1-c1nnc2ccc(Cl)nn12. The molecule has 8 heteroatoms. The van der Waals surface area contributed by atoms with Gasteiger partial charge in [0.1, 0.15) is 10.0 Å². The van der Waals surface area contributed by atoms with Gasteiger partial charge in [-0.1, -0.05) is 16.1 Å². The van der Waals surface area contributed by atoms with Gasteiger partial charge in [0.25, 0.3) is 0 Å². The largest absolute Gasteiger partial charge is 0.198 e. The maximum atomic E-state index is 5.83. The van der Waals surface area contributed by atoms with Crippen LogP contribution < -0.4 is 0 Å². The van der Waals surface area contributed by atoms with Crippen molar-refractivity contribution in [2.45, 2.75) is 6.92 Å². The Bertz CT molecular complexity index is 659. The molecule has 6 nitrogen and oxygen atoms in total. The maximum absolute atomic E-state index is 5.83. The number of rotatable bonds is 1. The highest BCUT2D eigenvalue weighted by molar-refractivity contribution is 7.09. The van der Waals surface area contributed by atoms with Crippen molar-refractivity contribution in [3.63, 3.8) is 0 Å². The molecule has 0 amide bonds. The Morgan fingerprint density at radius 1 is 1.25 bits per heavy atom. The first-order valence-electron chi connectivity index (χ1n) is 4.43. The molecule has 3 heterocycles. The van der Waals surface area contributed by atoms with Gasteiger partial charge in [-0.05, 0) is 30.6 Å². The van der Waals surface area contributed by atoms with Crippen molar-refractivity contribution in [2.24, 2.45) is 0 Å². The van der Waals surface area contributed by atoms with Crippen LogP contribution in [-0.4, -0.2) is 29.4 Å². The molecule has 0 bridgehead atoms. The quantitative estimate of drug-likeness (QED) is 0.658. The third-order valence-electron chi connectivity index (χ3n) is 2.08. The molecule has 3 aromatic heterocycles. The van der Waals surface area contributed by atoms with Gasteiger partial charge in [-0.2, -0.15) is 9.61 Å². The Labute approximate surface area is 99.1 Å². The van der Waals surface area contributed by atoms with Crippen LogP contribution in [0, 0.1) is 6.92 Å². The topological polar surface area (TPSA) is 68.9 Å². The molecule has 0 fully saturated rings. The lowest BCUT2D eigenvalue weighted by Crippen LogP contribution is -1.94. The van der Waals surface area contributed by atoms with E-state index in [0.717, 1.165) is 10.6 Å². The Morgan fingerprint density at radius 3 is 2.88 bits per heavy atom. The van der Waals surface area contributed by atoms with Crippen LogP contribution in [0.3, 0.4) is 0 Å². The molecule has 0 unspecified atom stereocenters. The Hall–Kier alpha value is -1.60. The summed E-state index contributed by atoms with van der Waals surface area (Å²) in [6, 6.07) is 3.43. The van der Waals surface area contributed by atoms with E-state index >= 15 is 0 Å². The van der Waals surface area contributed by atoms with Crippen molar-refractivity contribution in [3.05, 3.63) is 23.0 Å². The minimum Gasteiger partial charge on any atom is -0.190 e. The highest BCUT2D eigenvalue weighted by Crippen LogP contribution is 2.23. The molecule has 0 N–H and O–H groups in total. The van der Waals surface area contributed by atoms with Crippen molar-refractivity contribution in [1.29, 1.82) is 0 Å². The zero-order valence-corrected chi connectivity index (χ0v) is 9.70. The first-order valence-corrected chi connectivity index (χ1v) is 5.58. The second-order valence-electron chi connectivity index (χ2n) is 3.14. The number of hydrogen-bond acceptors (Lipinski definition) is 6. The Kier molecular flexibility index (Phi) is 2.08. The van der Waals surface area contributed by atoms with Gasteiger partial charge in [-0.25, -0.2) is 0 Å². The van der Waals surface area contributed by atoms with E-state index in [-0.39, 0.29) is 0 Å². The number of hydrogen-bond donors (Lipinski definition) is 0. The average Bonchev–Trinajstić information content (AvgIpc) is 2.83. The summed E-state index contributed by atoms with van der Waals surface area (Å²) in [7, 11) is 0. The molecule has 3 rings (SSSR count). The van der Waals surface area contributed by atoms with Crippen LogP contribution in [0.15, 0.2) is 12.1 Å². The number of aryl methyl sites for hydroxylation is 1. The van der Waals surface area contributed by atoms with Gasteiger partial charge < -0.3 is 0 Å². The Morgan fingerprint density at radius 2 is 2.12 bits per heavy atom. The summed E-state index contributed by atoms with van der Waals surface area (Å²) in [5.41, 5.74) is 1.45. The van der Waals surface area contributed by atoms with Gasteiger partial charge in [0.05, 0.1) is 5.69 Å². The fourth-order valence-corrected chi connectivity index (χ4v) is 2.11. The van der Waals surface area contributed by atoms with E-state index in [4.69, 9.17) is 11.6 Å². The monoisotopic (exact) mass is 252 g/mol. The number of fused-ring (bicyclic) bond motifs is 1. The molecule has 0 aliphatic heterocycles. The van der Waals surface area contributed by atoms with E-state index < -0.39 is 0 Å². The van der Waals surface area contributed by atoms with Gasteiger partial charge >= 0.3 is 0 Å². The summed E-state index contributed by atoms with van der Waals surface area (Å²) in [6.45, 7) is 1.87. The summed E-state index contributed by atoms with van der Waals surface area (Å²) in [5, 5.41) is 16.5. The molecule has 0 atom stereocenters. The standard InChI is InChI=1S/C8H5ClN6S/c1-4-7(16-14-10-4)8-12-11-6-3-2-5(9)13-15(6)8/h2-3H,1H3. The minimum atomic E-state index is 0.392. The summed E-state index contributed by atoms with van der Waals surface area (Å²) in [4.78, 5) is 0.849. The zero-order chi connectivity index (χ0) is 11.1. The molecule has 0 saturated heterocycles. The third-order valence-corrected chi connectivity index (χ3v) is 3.11. The molecule has 3 aromatic rings. The van der Waals surface area contributed by atoms with Crippen LogP contribution in [-0.2, 0) is 0 Å². The molecule has 80 valence electrons. The maximum Gasteiger partial charge on any atom is 0.198 e. The van der Waals surface area contributed by atoms with E-state index in [0.29, 0.717) is 16.6 Å². The van der Waals surface area contributed by atoms with E-state index in [1.807, 2.05) is 6.92 Å². The van der Waals surface area contributed by atoms with Gasteiger partial charge in [0.2, 0.25) is 0 Å². The smallest absolute Gasteiger partial charge is 0.190 e. The fraction of sp³-hybridized carbons (Fsp3) is 0.125. The van der Waals surface area contributed by atoms with Gasteiger partial charge in [0, 0.05) is 0 Å². The predicted molar refractivity (Wildman–Crippen MR) is 59.4 cm³/mol. The number of halogens is 1. The summed E-state index contributed by atoms with van der Waals surface area (Å²) in [5.74, 6) is 0.616. The van der Waals surface area contributed by atoms with Crippen LogP contribution in [0.1, 0.15) is 5.69 Å². The molecule has 0 aliphatic carbocycles. The molecule has 0 radical (unpaired) electrons. The lowest BCUT2D eigenvalue weighted by Gasteiger charge is -1.95. The molecular weight excluding hydrogens is 248 g/mol. The van der Waals surface area contributed by atoms with Crippen molar-refractivity contribution in [3.8, 4) is 10.7 Å². The van der Waals surface area contributed by atoms with E-state index in [1.54, 1.807) is 16.6 Å². The van der Waals surface area contributed by atoms with Crippen molar-refractivity contribution in [2.75, 3.05) is 0 Å². The van der Waals surface area contributed by atoms with Crippen LogP contribution in [0.5, 0.6) is 0 Å². The summed E-state index contributed by atoms with van der Waals surface area (Å²) in [6.07, 6.45) is 0. The normalized spacial score (nSPS) is 11.1. The molecule has 0 aromatic carbocycles. The van der Waals surface area contributed by atoms with Crippen LogP contribution in [0.4, 0.5) is 0 Å². The molecule has 0 spiro atoms. The average molecular weight is 253 g/mol. The molecule has 0 saturated carbocycles. The highest BCUT2D eigenvalue weighted by atomic mass is 35.5. The van der Waals surface area contributed by atoms with Crippen LogP contribution in [0.25, 0.3) is 16.3 Å². The molecule has 16 heavy (non-hydrogen) atoms. The number of nitrogens with zero attached hydrogens (tertiary/aromatic N) is 6. The first kappa shape index (κ1) is 9.61. The van der Waals surface area contributed by atoms with Gasteiger partial charge in [-0.15, -0.1) is 15.3 Å². The minimum absolute atomic E-state index is 0.392. The van der Waals surface area contributed by atoms with Gasteiger partial charge in [-0.3, -0.25) is 0 Å². The number of aromatic nitrogens is 6. The second-order valence-corrected chi connectivity index (χ2v) is 4.28. The Balaban J connectivity index is 2.32. The predicted octanol–water partition coefficient (Wildman–Crippen LogP) is 1.60. The lowest BCUT2D eigenvalue weighted by molar-refractivity contribution is 0.936. The van der Waals surface area contributed by atoms with Crippen molar-refractivity contribution in [1.82, 2.24) is 29.4 Å². The molecule has 0 aliphatic rings. The fourth-order valence-electron chi connectivity index (χ4n) is 1.34. The van der Waals surface area contributed by atoms with Crippen LogP contribution >= 0.6 is 23.1 Å². The lowest BCUT2D eigenvalue weighted by atomic mass is 10.4.